The van der Waals surface area contributed by atoms with E-state index < -0.39 is 5.97 Å². The Morgan fingerprint density at radius 1 is 1.64 bits per heavy atom. The van der Waals surface area contributed by atoms with E-state index in [1.807, 2.05) is 4.90 Å². The highest BCUT2D eigenvalue weighted by Gasteiger charge is 2.32. The van der Waals surface area contributed by atoms with Gasteiger partial charge in [-0.15, -0.1) is 0 Å². The van der Waals surface area contributed by atoms with E-state index in [0.717, 1.165) is 31.8 Å². The van der Waals surface area contributed by atoms with E-state index in [-0.39, 0.29) is 6.54 Å². The minimum atomic E-state index is -0.759. The van der Waals surface area contributed by atoms with E-state index >= 15 is 0 Å². The largest absolute Gasteiger partial charge is 0.480 e. The third-order valence-corrected chi connectivity index (χ3v) is 3.04. The number of piperidine rings is 1. The zero-order valence-electron chi connectivity index (χ0n) is 8.28. The second-order valence-corrected chi connectivity index (χ2v) is 4.12. The second kappa shape index (κ2) is 3.61. The summed E-state index contributed by atoms with van der Waals surface area (Å²) in [7, 11) is 0. The fourth-order valence-electron chi connectivity index (χ4n) is 2.42. The topological polar surface area (TPSA) is 43.8 Å². The van der Waals surface area contributed by atoms with E-state index in [0.29, 0.717) is 6.04 Å². The zero-order valence-corrected chi connectivity index (χ0v) is 8.28. The summed E-state index contributed by atoms with van der Waals surface area (Å²) in [6.45, 7) is 7.04. The lowest BCUT2D eigenvalue weighted by Gasteiger charge is -2.46. The molecular weight excluding hydrogens is 180 g/mol. The highest BCUT2D eigenvalue weighted by atomic mass is 16.4. The van der Waals surface area contributed by atoms with Gasteiger partial charge in [-0.3, -0.25) is 9.69 Å². The van der Waals surface area contributed by atoms with Gasteiger partial charge in [-0.1, -0.05) is 6.58 Å². The van der Waals surface area contributed by atoms with Crippen molar-refractivity contribution < 1.29 is 9.90 Å². The van der Waals surface area contributed by atoms with Gasteiger partial charge in [0, 0.05) is 24.8 Å². The lowest BCUT2D eigenvalue weighted by atomic mass is 10.00. The van der Waals surface area contributed by atoms with Crippen molar-refractivity contribution >= 4 is 5.97 Å². The van der Waals surface area contributed by atoms with E-state index in [1.54, 1.807) is 0 Å². The van der Waals surface area contributed by atoms with Gasteiger partial charge in [-0.2, -0.15) is 0 Å². The van der Waals surface area contributed by atoms with Gasteiger partial charge in [0.05, 0.1) is 0 Å². The van der Waals surface area contributed by atoms with Gasteiger partial charge in [-0.05, 0) is 19.4 Å². The maximum Gasteiger partial charge on any atom is 0.323 e. The van der Waals surface area contributed by atoms with Gasteiger partial charge in [0.1, 0.15) is 6.54 Å². The highest BCUT2D eigenvalue weighted by molar-refractivity contribution is 5.69. The lowest BCUT2D eigenvalue weighted by molar-refractivity contribution is -0.139. The van der Waals surface area contributed by atoms with Crippen molar-refractivity contribution in [1.82, 2.24) is 9.80 Å². The average Bonchev–Trinajstić information content (AvgIpc) is 2.12. The van der Waals surface area contributed by atoms with Gasteiger partial charge in [-0.25, -0.2) is 0 Å². The molecule has 2 bridgehead atoms. The molecule has 14 heavy (non-hydrogen) atoms. The van der Waals surface area contributed by atoms with Crippen molar-refractivity contribution in [2.75, 3.05) is 26.2 Å². The molecule has 0 aliphatic carbocycles. The van der Waals surface area contributed by atoms with Crippen LogP contribution in [-0.4, -0.2) is 53.1 Å². The van der Waals surface area contributed by atoms with Crippen molar-refractivity contribution in [3.05, 3.63) is 12.3 Å². The second-order valence-electron chi connectivity index (χ2n) is 4.12. The zero-order chi connectivity index (χ0) is 10.1. The number of rotatable bonds is 2. The molecule has 2 heterocycles. The molecule has 2 atom stereocenters. The number of hydrogen-bond acceptors (Lipinski definition) is 3. The first kappa shape index (κ1) is 9.52. The molecule has 0 aromatic carbocycles. The monoisotopic (exact) mass is 196 g/mol. The molecule has 0 amide bonds. The maximum atomic E-state index is 10.7. The lowest BCUT2D eigenvalue weighted by Crippen LogP contribution is -2.55. The first-order valence-electron chi connectivity index (χ1n) is 5.05. The molecule has 1 N–H and O–H groups in total. The molecule has 0 radical (unpaired) electrons. The van der Waals surface area contributed by atoms with Crippen LogP contribution in [0, 0.1) is 0 Å². The number of nitrogens with zero attached hydrogens (tertiary/aromatic N) is 2. The Hall–Kier alpha value is -1.03. The molecule has 2 unspecified atom stereocenters. The Balaban J connectivity index is 2.06. The van der Waals surface area contributed by atoms with Crippen molar-refractivity contribution in [1.29, 1.82) is 0 Å². The minimum absolute atomic E-state index is 0.108. The molecule has 4 nitrogen and oxygen atoms in total. The Morgan fingerprint density at radius 2 is 2.43 bits per heavy atom. The molecule has 2 fully saturated rings. The molecule has 2 aliphatic heterocycles. The number of carboxylic acid groups (broad SMARTS) is 1. The summed E-state index contributed by atoms with van der Waals surface area (Å²) in [5.41, 5.74) is 0.961. The molecule has 2 rings (SSSR count). The van der Waals surface area contributed by atoms with Crippen LogP contribution in [0.5, 0.6) is 0 Å². The van der Waals surface area contributed by atoms with Crippen molar-refractivity contribution in [2.45, 2.75) is 18.9 Å². The summed E-state index contributed by atoms with van der Waals surface area (Å²) in [4.78, 5) is 15.0. The summed E-state index contributed by atoms with van der Waals surface area (Å²) in [5.74, 6) is -0.759. The van der Waals surface area contributed by atoms with Crippen LogP contribution in [0.3, 0.4) is 0 Å². The van der Waals surface area contributed by atoms with Crippen LogP contribution in [-0.2, 0) is 4.79 Å². The van der Waals surface area contributed by atoms with Crippen LogP contribution in [0.2, 0.25) is 0 Å². The van der Waals surface area contributed by atoms with Crippen LogP contribution in [0.1, 0.15) is 12.8 Å². The number of aliphatic carboxylic acids is 1. The molecule has 4 heteroatoms. The van der Waals surface area contributed by atoms with Gasteiger partial charge in [0.25, 0.3) is 0 Å². The summed E-state index contributed by atoms with van der Waals surface area (Å²) in [6, 6.07) is 0.376. The summed E-state index contributed by atoms with van der Waals surface area (Å²) in [5, 5.41) is 8.78. The normalized spacial score (nSPS) is 31.7. The summed E-state index contributed by atoms with van der Waals surface area (Å²) < 4.78 is 0. The van der Waals surface area contributed by atoms with Crippen LogP contribution in [0.15, 0.2) is 12.3 Å². The first-order valence-corrected chi connectivity index (χ1v) is 5.05. The van der Waals surface area contributed by atoms with Crippen LogP contribution in [0.4, 0.5) is 0 Å². The van der Waals surface area contributed by atoms with Crippen LogP contribution < -0.4 is 0 Å². The van der Waals surface area contributed by atoms with Crippen molar-refractivity contribution in [3.8, 4) is 0 Å². The minimum Gasteiger partial charge on any atom is -0.480 e. The predicted molar refractivity (Wildman–Crippen MR) is 52.9 cm³/mol. The highest BCUT2D eigenvalue weighted by Crippen LogP contribution is 2.24. The fraction of sp³-hybridized carbons (Fsp3) is 0.700. The van der Waals surface area contributed by atoms with E-state index in [2.05, 4.69) is 11.5 Å². The molecule has 0 aromatic heterocycles. The molecule has 0 aromatic rings. The Bertz CT molecular complexity index is 265. The van der Waals surface area contributed by atoms with E-state index in [4.69, 9.17) is 5.11 Å². The Labute approximate surface area is 83.8 Å². The number of hydrogen-bond donors (Lipinski definition) is 1. The van der Waals surface area contributed by atoms with E-state index in [1.165, 1.54) is 6.42 Å². The number of carbonyl (C=O) groups is 1. The average molecular weight is 196 g/mol. The summed E-state index contributed by atoms with van der Waals surface area (Å²) >= 11 is 0. The maximum absolute atomic E-state index is 10.7. The van der Waals surface area contributed by atoms with Crippen molar-refractivity contribution in [2.24, 2.45) is 0 Å². The summed E-state index contributed by atoms with van der Waals surface area (Å²) in [6.07, 6.45) is 2.27. The first-order chi connectivity index (χ1) is 6.66. The third-order valence-electron chi connectivity index (χ3n) is 3.04. The smallest absolute Gasteiger partial charge is 0.323 e. The standard InChI is InChI=1S/C10H16N2O2/c1-8-5-11-4-2-3-9(6-11)12(8)7-10(13)14/h9H,1-7H2,(H,13,14). The van der Waals surface area contributed by atoms with Gasteiger partial charge in [0.15, 0.2) is 0 Å². The number of piperazine rings is 1. The SMILES string of the molecule is C=C1CN2CCCC(C2)N1CC(=O)O. The predicted octanol–water partition coefficient (Wildman–Crippen LogP) is 0.365. The number of carboxylic acids is 1. The Kier molecular flexibility index (Phi) is 2.46. The van der Waals surface area contributed by atoms with Crippen molar-refractivity contribution in [3.63, 3.8) is 0 Å². The molecule has 0 saturated carbocycles. The quantitative estimate of drug-likeness (QED) is 0.692. The molecular formula is C10H16N2O2. The van der Waals surface area contributed by atoms with Gasteiger partial charge < -0.3 is 10.0 Å². The third kappa shape index (κ3) is 1.75. The fourth-order valence-corrected chi connectivity index (χ4v) is 2.42. The molecule has 0 spiro atoms. The van der Waals surface area contributed by atoms with Crippen LogP contribution >= 0.6 is 0 Å². The van der Waals surface area contributed by atoms with Gasteiger partial charge >= 0.3 is 5.97 Å². The van der Waals surface area contributed by atoms with E-state index in [9.17, 15) is 4.79 Å². The molecule has 2 saturated heterocycles. The molecule has 78 valence electrons. The van der Waals surface area contributed by atoms with Crippen LogP contribution in [0.25, 0.3) is 0 Å². The molecule has 2 aliphatic rings. The Morgan fingerprint density at radius 3 is 3.14 bits per heavy atom. The van der Waals surface area contributed by atoms with Gasteiger partial charge in [0.2, 0.25) is 0 Å². The number of fused-ring (bicyclic) bond motifs is 2.